The van der Waals surface area contributed by atoms with Gasteiger partial charge >= 0.3 is 5.97 Å². The summed E-state index contributed by atoms with van der Waals surface area (Å²) in [5.74, 6) is -4.96. The molecule has 0 radical (unpaired) electrons. The first-order valence-electron chi connectivity index (χ1n) is 8.09. The molecule has 1 heterocycles. The van der Waals surface area contributed by atoms with E-state index in [0.29, 0.717) is 10.6 Å². The molecule has 140 valence electrons. The van der Waals surface area contributed by atoms with Gasteiger partial charge < -0.3 is 19.9 Å². The SMILES string of the molecule is CCOC(=O)[C@@]1(F)[C@H](c2ccc(Cl)cc2)C(C#N)=C(N)O[C@@]1(C)OCC. The summed E-state index contributed by atoms with van der Waals surface area (Å²) in [5.41, 5.74) is 3.11. The number of allylic oxidation sites excluding steroid dienone is 1. The average molecular weight is 383 g/mol. The number of rotatable bonds is 5. The molecule has 1 aliphatic heterocycles. The second kappa shape index (κ2) is 7.52. The summed E-state index contributed by atoms with van der Waals surface area (Å²) in [6, 6.07) is 7.93. The number of halogens is 2. The summed E-state index contributed by atoms with van der Waals surface area (Å²) in [4.78, 5) is 12.7. The van der Waals surface area contributed by atoms with E-state index >= 15 is 4.39 Å². The first-order valence-corrected chi connectivity index (χ1v) is 8.47. The fourth-order valence-corrected chi connectivity index (χ4v) is 3.19. The van der Waals surface area contributed by atoms with Crippen LogP contribution in [0.15, 0.2) is 35.7 Å². The van der Waals surface area contributed by atoms with E-state index in [1.54, 1.807) is 13.8 Å². The Hall–Kier alpha value is -2.30. The molecule has 0 aromatic heterocycles. The number of nitrogens with two attached hydrogens (primary N) is 1. The van der Waals surface area contributed by atoms with Crippen molar-refractivity contribution in [1.29, 1.82) is 5.26 Å². The van der Waals surface area contributed by atoms with Gasteiger partial charge in [0.25, 0.3) is 11.5 Å². The van der Waals surface area contributed by atoms with E-state index in [2.05, 4.69) is 0 Å². The summed E-state index contributed by atoms with van der Waals surface area (Å²) in [6.45, 7) is 4.43. The molecule has 0 amide bonds. The van der Waals surface area contributed by atoms with Crippen molar-refractivity contribution in [2.24, 2.45) is 5.73 Å². The van der Waals surface area contributed by atoms with Crippen LogP contribution in [0.3, 0.4) is 0 Å². The van der Waals surface area contributed by atoms with Crippen molar-refractivity contribution in [2.75, 3.05) is 13.2 Å². The molecule has 1 aromatic rings. The van der Waals surface area contributed by atoms with E-state index in [-0.39, 0.29) is 24.7 Å². The van der Waals surface area contributed by atoms with Gasteiger partial charge in [-0.25, -0.2) is 9.18 Å². The number of carbonyl (C=O) groups excluding carboxylic acids is 1. The zero-order valence-corrected chi connectivity index (χ0v) is 15.5. The van der Waals surface area contributed by atoms with Gasteiger partial charge in [0.05, 0.1) is 12.5 Å². The molecule has 0 fully saturated rings. The van der Waals surface area contributed by atoms with Crippen molar-refractivity contribution in [2.45, 2.75) is 38.1 Å². The lowest BCUT2D eigenvalue weighted by molar-refractivity contribution is -0.285. The Morgan fingerprint density at radius 1 is 1.38 bits per heavy atom. The van der Waals surface area contributed by atoms with Crippen molar-refractivity contribution >= 4 is 17.6 Å². The molecule has 6 nitrogen and oxygen atoms in total. The van der Waals surface area contributed by atoms with E-state index in [1.165, 1.54) is 31.2 Å². The van der Waals surface area contributed by atoms with Crippen molar-refractivity contribution in [3.05, 3.63) is 46.3 Å². The van der Waals surface area contributed by atoms with E-state index in [0.717, 1.165) is 0 Å². The first-order chi connectivity index (χ1) is 12.2. The molecule has 1 aliphatic rings. The standard InChI is InChI=1S/C18H20ClFN2O4/c1-4-24-16(23)18(20)14(11-6-8-12(19)9-7-11)13(10-21)15(22)26-17(18,3)25-5-2/h6-9,14H,4-5,22H2,1-3H3/t14-,17-,18+/m1/s1. The van der Waals surface area contributed by atoms with Gasteiger partial charge in [-0.2, -0.15) is 5.26 Å². The van der Waals surface area contributed by atoms with E-state index in [4.69, 9.17) is 31.5 Å². The van der Waals surface area contributed by atoms with Crippen LogP contribution in [0.4, 0.5) is 4.39 Å². The maximum absolute atomic E-state index is 16.5. The predicted molar refractivity (Wildman–Crippen MR) is 92.6 cm³/mol. The molecule has 0 bridgehead atoms. The summed E-state index contributed by atoms with van der Waals surface area (Å²) in [6.07, 6.45) is 0. The summed E-state index contributed by atoms with van der Waals surface area (Å²) in [7, 11) is 0. The third-order valence-corrected chi connectivity index (χ3v) is 4.49. The van der Waals surface area contributed by atoms with Gasteiger partial charge in [0, 0.05) is 18.6 Å². The molecule has 0 saturated carbocycles. The summed E-state index contributed by atoms with van der Waals surface area (Å²) < 4.78 is 32.2. The number of esters is 1. The molecular formula is C18H20ClFN2O4. The maximum atomic E-state index is 16.5. The molecule has 2 rings (SSSR count). The van der Waals surface area contributed by atoms with Crippen LogP contribution in [0, 0.1) is 11.3 Å². The predicted octanol–water partition coefficient (Wildman–Crippen LogP) is 3.17. The van der Waals surface area contributed by atoms with Crippen molar-refractivity contribution in [3.63, 3.8) is 0 Å². The Balaban J connectivity index is 2.77. The van der Waals surface area contributed by atoms with Crippen LogP contribution in [0.5, 0.6) is 0 Å². The van der Waals surface area contributed by atoms with Crippen molar-refractivity contribution in [1.82, 2.24) is 0 Å². The Kier molecular flexibility index (Phi) is 5.79. The fraction of sp³-hybridized carbons (Fsp3) is 0.444. The minimum Gasteiger partial charge on any atom is -0.463 e. The minimum absolute atomic E-state index is 0.0457. The lowest BCUT2D eigenvalue weighted by Gasteiger charge is -2.47. The molecule has 0 saturated heterocycles. The highest BCUT2D eigenvalue weighted by Gasteiger charge is 2.68. The molecule has 3 atom stereocenters. The highest BCUT2D eigenvalue weighted by Crippen LogP contribution is 2.51. The van der Waals surface area contributed by atoms with Gasteiger partial charge in [0.2, 0.25) is 5.88 Å². The average Bonchev–Trinajstić information content (AvgIpc) is 2.59. The van der Waals surface area contributed by atoms with Gasteiger partial charge in [-0.05, 0) is 31.5 Å². The molecule has 8 heteroatoms. The van der Waals surface area contributed by atoms with Crippen LogP contribution in [0.25, 0.3) is 0 Å². The van der Waals surface area contributed by atoms with Crippen molar-refractivity contribution in [3.8, 4) is 6.07 Å². The summed E-state index contributed by atoms with van der Waals surface area (Å²) in [5, 5.41) is 9.96. The van der Waals surface area contributed by atoms with E-state index in [9.17, 15) is 10.1 Å². The molecule has 0 aliphatic carbocycles. The Morgan fingerprint density at radius 3 is 2.50 bits per heavy atom. The second-order valence-corrected chi connectivity index (χ2v) is 6.22. The summed E-state index contributed by atoms with van der Waals surface area (Å²) >= 11 is 5.90. The quantitative estimate of drug-likeness (QED) is 0.786. The van der Waals surface area contributed by atoms with Crippen LogP contribution in [0.1, 0.15) is 32.3 Å². The monoisotopic (exact) mass is 382 g/mol. The Bertz CT molecular complexity index is 761. The third-order valence-electron chi connectivity index (χ3n) is 4.23. The Morgan fingerprint density at radius 2 is 2.00 bits per heavy atom. The number of ether oxygens (including phenoxy) is 3. The zero-order chi connectivity index (χ0) is 19.5. The minimum atomic E-state index is -2.85. The zero-order valence-electron chi connectivity index (χ0n) is 14.7. The Labute approximate surface area is 156 Å². The fourth-order valence-electron chi connectivity index (χ4n) is 3.06. The first kappa shape index (κ1) is 20.0. The number of nitrogens with zero attached hydrogens (tertiary/aromatic N) is 1. The van der Waals surface area contributed by atoms with Crippen LogP contribution >= 0.6 is 11.6 Å². The molecule has 2 N–H and O–H groups in total. The molecule has 1 aromatic carbocycles. The third kappa shape index (κ3) is 3.11. The lowest BCUT2D eigenvalue weighted by Crippen LogP contribution is -2.64. The highest BCUT2D eigenvalue weighted by atomic mass is 35.5. The van der Waals surface area contributed by atoms with Gasteiger partial charge in [-0.3, -0.25) is 0 Å². The number of benzene rings is 1. The smallest absolute Gasteiger partial charge is 0.351 e. The van der Waals surface area contributed by atoms with Crippen LogP contribution in [0.2, 0.25) is 5.02 Å². The van der Waals surface area contributed by atoms with Crippen LogP contribution in [-0.2, 0) is 19.0 Å². The number of nitriles is 1. The van der Waals surface area contributed by atoms with E-state index < -0.39 is 23.3 Å². The van der Waals surface area contributed by atoms with Gasteiger partial charge in [-0.1, -0.05) is 23.7 Å². The van der Waals surface area contributed by atoms with Gasteiger partial charge in [-0.15, -0.1) is 0 Å². The largest absolute Gasteiger partial charge is 0.463 e. The molecule has 0 spiro atoms. The highest BCUT2D eigenvalue weighted by molar-refractivity contribution is 6.30. The van der Waals surface area contributed by atoms with Gasteiger partial charge in [0.1, 0.15) is 11.6 Å². The van der Waals surface area contributed by atoms with Crippen molar-refractivity contribution < 1.29 is 23.4 Å². The topological polar surface area (TPSA) is 94.6 Å². The molecule has 0 unspecified atom stereocenters. The van der Waals surface area contributed by atoms with Crippen LogP contribution < -0.4 is 5.73 Å². The maximum Gasteiger partial charge on any atom is 0.351 e. The second-order valence-electron chi connectivity index (χ2n) is 5.79. The number of hydrogen-bond acceptors (Lipinski definition) is 6. The molecular weight excluding hydrogens is 363 g/mol. The number of hydrogen-bond donors (Lipinski definition) is 1. The number of alkyl halides is 1. The lowest BCUT2D eigenvalue weighted by atomic mass is 9.72. The van der Waals surface area contributed by atoms with Crippen LogP contribution in [-0.4, -0.2) is 30.6 Å². The van der Waals surface area contributed by atoms with Gasteiger partial charge in [0.15, 0.2) is 0 Å². The molecule has 26 heavy (non-hydrogen) atoms. The van der Waals surface area contributed by atoms with E-state index in [1.807, 2.05) is 6.07 Å². The normalized spacial score (nSPS) is 28.2. The number of carbonyl (C=O) groups is 1.